The van der Waals surface area contributed by atoms with E-state index >= 15 is 0 Å². The fourth-order valence-electron chi connectivity index (χ4n) is 1.46. The Morgan fingerprint density at radius 2 is 2.44 bits per heavy atom. The van der Waals surface area contributed by atoms with Crippen molar-refractivity contribution in [2.75, 3.05) is 0 Å². The third kappa shape index (κ3) is 2.45. The van der Waals surface area contributed by atoms with Crippen molar-refractivity contribution < 1.29 is 0 Å². The molecule has 0 bridgehead atoms. The maximum Gasteiger partial charge on any atom is 0.146 e. The van der Waals surface area contributed by atoms with Gasteiger partial charge in [-0.2, -0.15) is 0 Å². The van der Waals surface area contributed by atoms with Gasteiger partial charge in [0.05, 0.1) is 12.1 Å². The Morgan fingerprint density at radius 3 is 3.12 bits per heavy atom. The van der Waals surface area contributed by atoms with E-state index in [0.717, 1.165) is 18.9 Å². The van der Waals surface area contributed by atoms with E-state index in [9.17, 15) is 0 Å². The Balaban J connectivity index is 1.92. The molecule has 5 nitrogen and oxygen atoms in total. The zero-order valence-electron chi connectivity index (χ0n) is 9.42. The van der Waals surface area contributed by atoms with Gasteiger partial charge in [0.15, 0.2) is 0 Å². The number of nitrogens with zero attached hydrogens (tertiary/aromatic N) is 4. The molecule has 1 unspecified atom stereocenters. The van der Waals surface area contributed by atoms with Crippen LogP contribution in [0.15, 0.2) is 18.0 Å². The summed E-state index contributed by atoms with van der Waals surface area (Å²) in [5.74, 6) is 0.971. The summed E-state index contributed by atoms with van der Waals surface area (Å²) >= 11 is 1.66. The largest absolute Gasteiger partial charge is 0.317 e. The molecule has 1 atom stereocenters. The van der Waals surface area contributed by atoms with E-state index in [4.69, 9.17) is 0 Å². The predicted octanol–water partition coefficient (Wildman–Crippen LogP) is 1.61. The standard InChI is InChI=1S/C10H15N5S/c1-3-15-6-13-14-10(15)5-12-8(2)9-4-11-7-16-9/h4,6-8,12H,3,5H2,1-2H3. The van der Waals surface area contributed by atoms with E-state index < -0.39 is 0 Å². The minimum Gasteiger partial charge on any atom is -0.317 e. The molecule has 6 heteroatoms. The number of rotatable bonds is 5. The first-order valence-corrected chi connectivity index (χ1v) is 6.17. The molecule has 0 radical (unpaired) electrons. The van der Waals surface area contributed by atoms with E-state index in [-0.39, 0.29) is 0 Å². The van der Waals surface area contributed by atoms with Gasteiger partial charge < -0.3 is 9.88 Å². The van der Waals surface area contributed by atoms with Gasteiger partial charge in [0.2, 0.25) is 0 Å². The summed E-state index contributed by atoms with van der Waals surface area (Å²) in [5.41, 5.74) is 1.85. The second-order valence-corrected chi connectivity index (χ2v) is 4.46. The molecule has 0 aliphatic rings. The SMILES string of the molecule is CCn1cnnc1CNC(C)c1cncs1. The summed E-state index contributed by atoms with van der Waals surface area (Å²) in [6.07, 6.45) is 3.65. The first-order valence-electron chi connectivity index (χ1n) is 5.29. The maximum absolute atomic E-state index is 4.08. The quantitative estimate of drug-likeness (QED) is 0.858. The highest BCUT2D eigenvalue weighted by molar-refractivity contribution is 7.09. The molecular weight excluding hydrogens is 222 g/mol. The molecular formula is C10H15N5S. The van der Waals surface area contributed by atoms with Crippen LogP contribution >= 0.6 is 11.3 Å². The topological polar surface area (TPSA) is 55.6 Å². The van der Waals surface area contributed by atoms with Crippen LogP contribution in [0.3, 0.4) is 0 Å². The lowest BCUT2D eigenvalue weighted by Gasteiger charge is -2.11. The van der Waals surface area contributed by atoms with Gasteiger partial charge >= 0.3 is 0 Å². The first kappa shape index (κ1) is 11.2. The van der Waals surface area contributed by atoms with E-state index in [2.05, 4.69) is 34.3 Å². The van der Waals surface area contributed by atoms with Crippen LogP contribution in [0.5, 0.6) is 0 Å². The van der Waals surface area contributed by atoms with Gasteiger partial charge in [-0.15, -0.1) is 21.5 Å². The number of hydrogen-bond donors (Lipinski definition) is 1. The van der Waals surface area contributed by atoms with Crippen LogP contribution in [0.4, 0.5) is 0 Å². The lowest BCUT2D eigenvalue weighted by molar-refractivity contribution is 0.544. The zero-order chi connectivity index (χ0) is 11.4. The van der Waals surface area contributed by atoms with Crippen molar-refractivity contribution in [3.8, 4) is 0 Å². The van der Waals surface area contributed by atoms with Crippen LogP contribution in [0.2, 0.25) is 0 Å². The minimum atomic E-state index is 0.300. The predicted molar refractivity (Wildman–Crippen MR) is 63.1 cm³/mol. The van der Waals surface area contributed by atoms with Crippen LogP contribution < -0.4 is 5.32 Å². The lowest BCUT2D eigenvalue weighted by Crippen LogP contribution is -2.19. The fourth-order valence-corrected chi connectivity index (χ4v) is 2.12. The van der Waals surface area contributed by atoms with Crippen LogP contribution in [0.1, 0.15) is 30.6 Å². The van der Waals surface area contributed by atoms with Crippen molar-refractivity contribution in [2.24, 2.45) is 0 Å². The van der Waals surface area contributed by atoms with Crippen LogP contribution in [0, 0.1) is 0 Å². The molecule has 1 N–H and O–H groups in total. The van der Waals surface area contributed by atoms with E-state index in [0.29, 0.717) is 6.04 Å². The second kappa shape index (κ2) is 5.18. The molecule has 0 saturated heterocycles. The monoisotopic (exact) mass is 237 g/mol. The third-order valence-corrected chi connectivity index (χ3v) is 3.44. The molecule has 86 valence electrons. The average Bonchev–Trinajstić information content (AvgIpc) is 2.96. The summed E-state index contributed by atoms with van der Waals surface area (Å²) in [6, 6.07) is 0.300. The number of nitrogens with one attached hydrogen (secondary N) is 1. The van der Waals surface area contributed by atoms with E-state index in [1.165, 1.54) is 4.88 Å². The molecule has 0 fully saturated rings. The fraction of sp³-hybridized carbons (Fsp3) is 0.500. The maximum atomic E-state index is 4.08. The highest BCUT2D eigenvalue weighted by Gasteiger charge is 2.08. The molecule has 2 aromatic heterocycles. The normalized spacial score (nSPS) is 12.9. The summed E-state index contributed by atoms with van der Waals surface area (Å²) < 4.78 is 2.03. The minimum absolute atomic E-state index is 0.300. The van der Waals surface area contributed by atoms with E-state index in [1.54, 1.807) is 17.7 Å². The van der Waals surface area contributed by atoms with Crippen molar-refractivity contribution in [3.63, 3.8) is 0 Å². The Morgan fingerprint density at radius 1 is 1.56 bits per heavy atom. The molecule has 2 aromatic rings. The molecule has 0 spiro atoms. The summed E-state index contributed by atoms with van der Waals surface area (Å²) in [6.45, 7) is 5.84. The van der Waals surface area contributed by atoms with Crippen molar-refractivity contribution in [1.29, 1.82) is 0 Å². The Bertz CT molecular complexity index is 422. The van der Waals surface area contributed by atoms with Crippen molar-refractivity contribution in [3.05, 3.63) is 28.7 Å². The number of hydrogen-bond acceptors (Lipinski definition) is 5. The highest BCUT2D eigenvalue weighted by Crippen LogP contribution is 2.16. The number of aryl methyl sites for hydroxylation is 1. The third-order valence-electron chi connectivity index (χ3n) is 2.48. The highest BCUT2D eigenvalue weighted by atomic mass is 32.1. The van der Waals surface area contributed by atoms with Gasteiger partial charge in [-0.25, -0.2) is 0 Å². The lowest BCUT2D eigenvalue weighted by atomic mass is 10.3. The van der Waals surface area contributed by atoms with Gasteiger partial charge in [-0.3, -0.25) is 4.98 Å². The first-order chi connectivity index (χ1) is 7.81. The Hall–Kier alpha value is -1.27. The van der Waals surface area contributed by atoms with Gasteiger partial charge in [0.25, 0.3) is 0 Å². The molecule has 0 amide bonds. The van der Waals surface area contributed by atoms with Gasteiger partial charge in [0, 0.05) is 23.7 Å². The van der Waals surface area contributed by atoms with Crippen LogP contribution in [-0.2, 0) is 13.1 Å². The summed E-state index contributed by atoms with van der Waals surface area (Å²) in [5, 5.41) is 11.4. The average molecular weight is 237 g/mol. The van der Waals surface area contributed by atoms with Crippen molar-refractivity contribution in [2.45, 2.75) is 33.0 Å². The number of thiazole rings is 1. The molecule has 0 aliphatic carbocycles. The zero-order valence-corrected chi connectivity index (χ0v) is 10.2. The van der Waals surface area contributed by atoms with Crippen molar-refractivity contribution >= 4 is 11.3 Å². The second-order valence-electron chi connectivity index (χ2n) is 3.54. The summed E-state index contributed by atoms with van der Waals surface area (Å²) in [4.78, 5) is 5.31. The van der Waals surface area contributed by atoms with Crippen LogP contribution in [0.25, 0.3) is 0 Å². The Labute approximate surface area is 98.5 Å². The molecule has 0 saturated carbocycles. The number of aromatic nitrogens is 4. The van der Waals surface area contributed by atoms with Crippen molar-refractivity contribution in [1.82, 2.24) is 25.1 Å². The summed E-state index contributed by atoms with van der Waals surface area (Å²) in [7, 11) is 0. The smallest absolute Gasteiger partial charge is 0.146 e. The molecule has 16 heavy (non-hydrogen) atoms. The molecule has 0 aliphatic heterocycles. The Kier molecular flexibility index (Phi) is 3.63. The molecule has 2 heterocycles. The molecule has 2 rings (SSSR count). The van der Waals surface area contributed by atoms with Gasteiger partial charge in [0.1, 0.15) is 12.2 Å². The van der Waals surface area contributed by atoms with Gasteiger partial charge in [-0.1, -0.05) is 0 Å². The van der Waals surface area contributed by atoms with Crippen LogP contribution in [-0.4, -0.2) is 19.7 Å². The van der Waals surface area contributed by atoms with E-state index in [1.807, 2.05) is 16.3 Å². The molecule has 0 aromatic carbocycles. The van der Waals surface area contributed by atoms with Gasteiger partial charge in [-0.05, 0) is 13.8 Å².